The quantitative estimate of drug-likeness (QED) is 0.133. The number of anilines is 6. The summed E-state index contributed by atoms with van der Waals surface area (Å²) >= 11 is 0. The van der Waals surface area contributed by atoms with E-state index in [0.717, 1.165) is 25.7 Å². The highest BCUT2D eigenvalue weighted by atomic mass is 15.2. The molecule has 0 saturated carbocycles. The van der Waals surface area contributed by atoms with Gasteiger partial charge in [0.1, 0.15) is 0 Å². The Morgan fingerprint density at radius 3 is 1.58 bits per heavy atom. The minimum absolute atomic E-state index is 0.0249. The second-order valence-corrected chi connectivity index (χ2v) is 24.6. The van der Waals surface area contributed by atoms with Crippen LogP contribution in [0.2, 0.25) is 0 Å². The zero-order valence-electron chi connectivity index (χ0n) is 45.3. The van der Waals surface area contributed by atoms with Crippen molar-refractivity contribution < 1.29 is 0 Å². The van der Waals surface area contributed by atoms with Crippen LogP contribution < -0.4 is 26.2 Å². The maximum Gasteiger partial charge on any atom is 0.252 e. The first-order chi connectivity index (χ1) is 34.9. The molecule has 0 radical (unpaired) electrons. The molecule has 0 amide bonds. The molecule has 73 heavy (non-hydrogen) atoms. The molecule has 3 heteroatoms. The van der Waals surface area contributed by atoms with Gasteiger partial charge < -0.3 is 9.80 Å². The summed E-state index contributed by atoms with van der Waals surface area (Å²) in [4.78, 5) is 5.29. The number of hydrogen-bond donors (Lipinski definition) is 0. The summed E-state index contributed by atoms with van der Waals surface area (Å²) in [6.07, 6.45) is 18.6. The van der Waals surface area contributed by atoms with Crippen molar-refractivity contribution in [1.82, 2.24) is 0 Å². The van der Waals surface area contributed by atoms with Gasteiger partial charge in [0.2, 0.25) is 0 Å². The van der Waals surface area contributed by atoms with Crippen LogP contribution in [0.3, 0.4) is 0 Å². The van der Waals surface area contributed by atoms with E-state index in [1.54, 1.807) is 0 Å². The molecule has 11 rings (SSSR count). The van der Waals surface area contributed by atoms with Crippen LogP contribution in [0.4, 0.5) is 34.1 Å². The van der Waals surface area contributed by atoms with Gasteiger partial charge >= 0.3 is 0 Å². The fourth-order valence-corrected chi connectivity index (χ4v) is 12.4. The zero-order valence-corrected chi connectivity index (χ0v) is 45.3. The molecule has 0 spiro atoms. The zero-order chi connectivity index (χ0) is 51.1. The third-order valence-electron chi connectivity index (χ3n) is 17.3. The molecule has 0 saturated heterocycles. The van der Waals surface area contributed by atoms with Crippen molar-refractivity contribution >= 4 is 57.2 Å². The van der Waals surface area contributed by atoms with E-state index in [1.807, 2.05) is 0 Å². The maximum atomic E-state index is 2.67. The monoisotopic (exact) mass is 953 g/mol. The number of allylic oxidation sites excluding steroid dienone is 8. The van der Waals surface area contributed by atoms with Gasteiger partial charge in [-0.05, 0) is 153 Å². The van der Waals surface area contributed by atoms with E-state index in [1.165, 1.54) is 101 Å². The molecule has 1 atom stereocenters. The molecule has 0 bridgehead atoms. The van der Waals surface area contributed by atoms with Gasteiger partial charge in [0.15, 0.2) is 0 Å². The van der Waals surface area contributed by atoms with Crippen molar-refractivity contribution in [2.24, 2.45) is 0 Å². The smallest absolute Gasteiger partial charge is 0.252 e. The molecule has 2 heterocycles. The summed E-state index contributed by atoms with van der Waals surface area (Å²) < 4.78 is 0. The standard InChI is InChI=1S/C70H73BN2/c1-66(2,3)48-35-39-57(40-36-48)72-61-42-38-53(67(4,5)6)44-60(61)71-59-41-37-55(69(9,10)50-27-18-13-19-28-50)45-62(59)73(58-34-24-33-54(43-58)68(7,8)49-25-16-12-17-26-49)64-47-56(46-63(72)65(64)71)70(11,51-29-20-14-21-30-51)52-31-22-15-23-32-52/h12-14,16-20,22,24-29,31-47H,15,21,23,30H2,1-11H3. The molecule has 4 aliphatic rings. The van der Waals surface area contributed by atoms with Crippen molar-refractivity contribution in [2.75, 3.05) is 9.80 Å². The Morgan fingerprint density at radius 1 is 0.411 bits per heavy atom. The van der Waals surface area contributed by atoms with Crippen LogP contribution in [0.15, 0.2) is 205 Å². The van der Waals surface area contributed by atoms with E-state index in [4.69, 9.17) is 0 Å². The number of benzene rings is 7. The third-order valence-corrected chi connectivity index (χ3v) is 17.3. The predicted molar refractivity (Wildman–Crippen MR) is 315 cm³/mol. The average molecular weight is 953 g/mol. The van der Waals surface area contributed by atoms with E-state index >= 15 is 0 Å². The maximum absolute atomic E-state index is 2.67. The lowest BCUT2D eigenvalue weighted by molar-refractivity contribution is 0.590. The molecule has 0 fully saturated rings. The van der Waals surface area contributed by atoms with Crippen molar-refractivity contribution in [3.05, 3.63) is 244 Å². The van der Waals surface area contributed by atoms with Gasteiger partial charge in [0.05, 0.1) is 0 Å². The second kappa shape index (κ2) is 18.0. The Bertz CT molecular complexity index is 3370. The molecule has 1 unspecified atom stereocenters. The van der Waals surface area contributed by atoms with Gasteiger partial charge in [0, 0.05) is 50.4 Å². The van der Waals surface area contributed by atoms with Crippen molar-refractivity contribution in [2.45, 2.75) is 129 Å². The molecule has 7 aromatic carbocycles. The van der Waals surface area contributed by atoms with Crippen LogP contribution in [0.1, 0.15) is 141 Å². The van der Waals surface area contributed by atoms with Crippen molar-refractivity contribution in [3.8, 4) is 0 Å². The van der Waals surface area contributed by atoms with E-state index in [0.29, 0.717) is 0 Å². The molecule has 2 aliphatic carbocycles. The van der Waals surface area contributed by atoms with Gasteiger partial charge in [-0.3, -0.25) is 0 Å². The highest BCUT2D eigenvalue weighted by Crippen LogP contribution is 2.52. The summed E-state index contributed by atoms with van der Waals surface area (Å²) in [7, 11) is 0. The Balaban J connectivity index is 1.27. The fraction of sp³-hybridized carbons (Fsp3) is 0.286. The van der Waals surface area contributed by atoms with Gasteiger partial charge in [-0.2, -0.15) is 0 Å². The first-order valence-electron chi connectivity index (χ1n) is 27.0. The molecule has 2 nitrogen and oxygen atoms in total. The largest absolute Gasteiger partial charge is 0.311 e. The summed E-state index contributed by atoms with van der Waals surface area (Å²) in [5.74, 6) is 0. The SMILES string of the molecule is CC(C)(C)c1ccc(N2c3ccc(C(C)(C)C)cc3B3c4ccc(C(C)(C)c5ccccc5)cc4N(c4cccc(C(C)(C)c5ccccc5)c4)c4cc(C(C)(C5=CCCC=C5)C5=CC=CCC5)cc2c43)cc1. The number of hydrogen-bond acceptors (Lipinski definition) is 2. The lowest BCUT2D eigenvalue weighted by Crippen LogP contribution is -2.61. The van der Waals surface area contributed by atoms with Crippen molar-refractivity contribution in [1.29, 1.82) is 0 Å². The van der Waals surface area contributed by atoms with Crippen LogP contribution in [-0.2, 0) is 27.1 Å². The fourth-order valence-electron chi connectivity index (χ4n) is 12.4. The van der Waals surface area contributed by atoms with E-state index in [2.05, 4.69) is 280 Å². The van der Waals surface area contributed by atoms with Gasteiger partial charge in [0.25, 0.3) is 6.71 Å². The van der Waals surface area contributed by atoms with Crippen molar-refractivity contribution in [3.63, 3.8) is 0 Å². The average Bonchev–Trinajstić information content (AvgIpc) is 3.41. The van der Waals surface area contributed by atoms with E-state index in [9.17, 15) is 0 Å². The second-order valence-electron chi connectivity index (χ2n) is 24.6. The Labute approximate surface area is 438 Å². The first kappa shape index (κ1) is 48.4. The molecular formula is C70H73BN2. The summed E-state index contributed by atoms with van der Waals surface area (Å²) in [6.45, 7) is 26.0. The molecule has 7 aromatic rings. The Morgan fingerprint density at radius 2 is 0.986 bits per heavy atom. The van der Waals surface area contributed by atoms with Crippen LogP contribution in [0.5, 0.6) is 0 Å². The minimum atomic E-state index is -0.388. The van der Waals surface area contributed by atoms with Gasteiger partial charge in [-0.1, -0.05) is 220 Å². The topological polar surface area (TPSA) is 6.48 Å². The normalized spacial score (nSPS) is 16.3. The van der Waals surface area contributed by atoms with Crippen LogP contribution >= 0.6 is 0 Å². The minimum Gasteiger partial charge on any atom is -0.311 e. The number of rotatable bonds is 9. The van der Waals surface area contributed by atoms with E-state index < -0.39 is 0 Å². The lowest BCUT2D eigenvalue weighted by Gasteiger charge is -2.47. The predicted octanol–water partition coefficient (Wildman–Crippen LogP) is 16.8. The third kappa shape index (κ3) is 8.28. The number of fused-ring (bicyclic) bond motifs is 4. The first-order valence-corrected chi connectivity index (χ1v) is 27.0. The molecule has 0 aromatic heterocycles. The van der Waals surface area contributed by atoms with Crippen LogP contribution in [-0.4, -0.2) is 6.71 Å². The molecule has 2 aliphatic heterocycles. The molecular weight excluding hydrogens is 880 g/mol. The summed E-state index contributed by atoms with van der Waals surface area (Å²) in [6, 6.07) is 61.2. The van der Waals surface area contributed by atoms with E-state index in [-0.39, 0.29) is 33.8 Å². The van der Waals surface area contributed by atoms with Crippen LogP contribution in [0.25, 0.3) is 0 Å². The Hall–Kier alpha value is -6.84. The summed E-state index contributed by atoms with van der Waals surface area (Å²) in [5.41, 5.74) is 22.5. The van der Waals surface area contributed by atoms with Gasteiger partial charge in [-0.25, -0.2) is 0 Å². The number of nitrogens with zero attached hydrogens (tertiary/aromatic N) is 2. The van der Waals surface area contributed by atoms with Gasteiger partial charge in [-0.15, -0.1) is 0 Å². The molecule has 0 N–H and O–H groups in total. The highest BCUT2D eigenvalue weighted by Gasteiger charge is 2.47. The molecule has 366 valence electrons. The lowest BCUT2D eigenvalue weighted by atomic mass is 9.33. The Kier molecular flexibility index (Phi) is 11.9. The summed E-state index contributed by atoms with van der Waals surface area (Å²) in [5, 5.41) is 0. The highest BCUT2D eigenvalue weighted by molar-refractivity contribution is 7.00. The van der Waals surface area contributed by atoms with Crippen LogP contribution in [0, 0.1) is 0 Å².